The van der Waals surface area contributed by atoms with Gasteiger partial charge in [-0.1, -0.05) is 91.0 Å². The Morgan fingerprint density at radius 2 is 1.38 bits per heavy atom. The number of hydrogen-bond donors (Lipinski definition) is 0. The van der Waals surface area contributed by atoms with Crippen molar-refractivity contribution in [1.82, 2.24) is 0 Å². The molecule has 3 aromatic carbocycles. The van der Waals surface area contributed by atoms with Gasteiger partial charge in [-0.3, -0.25) is 4.79 Å². The van der Waals surface area contributed by atoms with Crippen molar-refractivity contribution in [1.29, 1.82) is 5.26 Å². The van der Waals surface area contributed by atoms with Gasteiger partial charge in [-0.05, 0) is 35.4 Å². The zero-order valence-corrected chi connectivity index (χ0v) is 16.6. The van der Waals surface area contributed by atoms with Crippen molar-refractivity contribution < 1.29 is 9.53 Å². The number of carbonyl (C=O) groups excluding carboxylic acids is 1. The SMILES string of the molecule is COC(=O)C(CC(CCC#N)c1ccccc1)(c1ccccc1)c1ccccc1. The van der Waals surface area contributed by atoms with Crippen LogP contribution in [0.2, 0.25) is 0 Å². The second-order valence-electron chi connectivity index (χ2n) is 7.14. The molecule has 0 spiro atoms. The van der Waals surface area contributed by atoms with Gasteiger partial charge in [-0.25, -0.2) is 0 Å². The van der Waals surface area contributed by atoms with E-state index in [0.717, 1.165) is 16.7 Å². The lowest BCUT2D eigenvalue weighted by Gasteiger charge is -2.35. The van der Waals surface area contributed by atoms with Crippen molar-refractivity contribution in [2.75, 3.05) is 7.11 Å². The normalized spacial score (nSPS) is 12.0. The van der Waals surface area contributed by atoms with Gasteiger partial charge in [0.25, 0.3) is 0 Å². The second kappa shape index (κ2) is 9.71. The first kappa shape index (κ1) is 20.4. The largest absolute Gasteiger partial charge is 0.468 e. The Bertz CT molecular complexity index is 907. The standard InChI is InChI=1S/C26H25NO2/c1-29-25(28)26(23-15-7-3-8-16-23,24-17-9-4-10-18-24)20-22(14-11-19-27)21-12-5-2-6-13-21/h2-10,12-13,15-18,22H,11,14,20H2,1H3. The van der Waals surface area contributed by atoms with Crippen LogP contribution in [0.1, 0.15) is 41.9 Å². The molecule has 1 unspecified atom stereocenters. The first-order valence-electron chi connectivity index (χ1n) is 9.83. The maximum Gasteiger partial charge on any atom is 0.320 e. The molecule has 146 valence electrons. The molecule has 0 aliphatic rings. The fourth-order valence-electron chi connectivity index (χ4n) is 4.06. The van der Waals surface area contributed by atoms with E-state index in [1.807, 2.05) is 78.9 Å². The first-order chi connectivity index (χ1) is 14.2. The second-order valence-corrected chi connectivity index (χ2v) is 7.14. The number of hydrogen-bond acceptors (Lipinski definition) is 3. The van der Waals surface area contributed by atoms with Crippen molar-refractivity contribution in [3.05, 3.63) is 108 Å². The van der Waals surface area contributed by atoms with Crippen LogP contribution in [0.3, 0.4) is 0 Å². The van der Waals surface area contributed by atoms with Crippen molar-refractivity contribution in [3.63, 3.8) is 0 Å². The maximum atomic E-state index is 13.4. The lowest BCUT2D eigenvalue weighted by molar-refractivity contribution is -0.146. The summed E-state index contributed by atoms with van der Waals surface area (Å²) in [6, 6.07) is 32.0. The first-order valence-corrected chi connectivity index (χ1v) is 9.83. The topological polar surface area (TPSA) is 50.1 Å². The summed E-state index contributed by atoms with van der Waals surface area (Å²) in [5.74, 6) is -0.247. The van der Waals surface area contributed by atoms with Gasteiger partial charge < -0.3 is 4.74 Å². The van der Waals surface area contributed by atoms with Gasteiger partial charge in [0.15, 0.2) is 0 Å². The monoisotopic (exact) mass is 383 g/mol. The van der Waals surface area contributed by atoms with E-state index in [0.29, 0.717) is 19.3 Å². The summed E-state index contributed by atoms with van der Waals surface area (Å²) in [5.41, 5.74) is 1.97. The van der Waals surface area contributed by atoms with Gasteiger partial charge >= 0.3 is 5.97 Å². The molecule has 3 nitrogen and oxygen atoms in total. The zero-order valence-electron chi connectivity index (χ0n) is 16.6. The van der Waals surface area contributed by atoms with E-state index in [1.54, 1.807) is 0 Å². The molecule has 0 heterocycles. The minimum absolute atomic E-state index is 0.0374. The Balaban J connectivity index is 2.18. The van der Waals surface area contributed by atoms with E-state index in [1.165, 1.54) is 7.11 Å². The minimum Gasteiger partial charge on any atom is -0.468 e. The van der Waals surface area contributed by atoms with Gasteiger partial charge in [-0.2, -0.15) is 5.26 Å². The maximum absolute atomic E-state index is 13.4. The fraction of sp³-hybridized carbons (Fsp3) is 0.231. The number of ether oxygens (including phenoxy) is 1. The predicted molar refractivity (Wildman–Crippen MR) is 114 cm³/mol. The van der Waals surface area contributed by atoms with Crippen molar-refractivity contribution in [2.45, 2.75) is 30.6 Å². The molecule has 0 amide bonds. The van der Waals surface area contributed by atoms with Gasteiger partial charge in [0.05, 0.1) is 13.2 Å². The summed E-state index contributed by atoms with van der Waals surface area (Å²) in [6.07, 6.45) is 1.64. The molecule has 3 aromatic rings. The summed E-state index contributed by atoms with van der Waals surface area (Å²) < 4.78 is 5.36. The average Bonchev–Trinajstić information content (AvgIpc) is 2.80. The Labute approximate surface area is 172 Å². The number of nitriles is 1. The Morgan fingerprint density at radius 1 is 0.897 bits per heavy atom. The van der Waals surface area contributed by atoms with Gasteiger partial charge in [-0.15, -0.1) is 0 Å². The highest BCUT2D eigenvalue weighted by molar-refractivity contribution is 5.87. The van der Waals surface area contributed by atoms with Crippen LogP contribution in [0.5, 0.6) is 0 Å². The molecule has 0 bridgehead atoms. The van der Waals surface area contributed by atoms with Crippen molar-refractivity contribution in [2.24, 2.45) is 0 Å². The van der Waals surface area contributed by atoms with E-state index >= 15 is 0 Å². The number of carbonyl (C=O) groups is 1. The van der Waals surface area contributed by atoms with Crippen LogP contribution >= 0.6 is 0 Å². The minimum atomic E-state index is -0.951. The summed E-state index contributed by atoms with van der Waals surface area (Å²) >= 11 is 0. The molecule has 0 radical (unpaired) electrons. The van der Waals surface area contributed by atoms with Crippen molar-refractivity contribution >= 4 is 5.97 Å². The molecule has 0 fully saturated rings. The highest BCUT2D eigenvalue weighted by atomic mass is 16.5. The van der Waals surface area contributed by atoms with E-state index in [-0.39, 0.29) is 11.9 Å². The number of methoxy groups -OCH3 is 1. The van der Waals surface area contributed by atoms with Gasteiger partial charge in [0.1, 0.15) is 5.41 Å². The van der Waals surface area contributed by atoms with Crippen LogP contribution < -0.4 is 0 Å². The quantitative estimate of drug-likeness (QED) is 0.474. The molecule has 0 saturated carbocycles. The zero-order chi connectivity index (χ0) is 20.5. The van der Waals surface area contributed by atoms with Crippen LogP contribution in [0.15, 0.2) is 91.0 Å². The smallest absolute Gasteiger partial charge is 0.320 e. The molecule has 0 saturated heterocycles. The fourth-order valence-corrected chi connectivity index (χ4v) is 4.06. The summed E-state index contributed by atoms with van der Waals surface area (Å²) in [7, 11) is 1.44. The number of nitrogens with zero attached hydrogens (tertiary/aromatic N) is 1. The number of esters is 1. The van der Waals surface area contributed by atoms with Crippen LogP contribution in [-0.4, -0.2) is 13.1 Å². The van der Waals surface area contributed by atoms with E-state index in [9.17, 15) is 10.1 Å². The highest BCUT2D eigenvalue weighted by Crippen LogP contribution is 2.43. The summed E-state index contributed by atoms with van der Waals surface area (Å²) in [5, 5.41) is 9.21. The van der Waals surface area contributed by atoms with Crippen LogP contribution in [0.25, 0.3) is 0 Å². The molecular weight excluding hydrogens is 358 g/mol. The molecular formula is C26H25NO2. The Morgan fingerprint density at radius 3 is 1.83 bits per heavy atom. The van der Waals surface area contributed by atoms with Crippen LogP contribution in [0.4, 0.5) is 0 Å². The summed E-state index contributed by atoms with van der Waals surface area (Å²) in [4.78, 5) is 13.4. The van der Waals surface area contributed by atoms with Crippen molar-refractivity contribution in [3.8, 4) is 6.07 Å². The highest BCUT2D eigenvalue weighted by Gasteiger charge is 2.45. The average molecular weight is 383 g/mol. The third-order valence-electron chi connectivity index (χ3n) is 5.50. The van der Waals surface area contributed by atoms with Gasteiger partial charge in [0.2, 0.25) is 0 Å². The molecule has 0 aromatic heterocycles. The third-order valence-corrected chi connectivity index (χ3v) is 5.50. The molecule has 3 heteroatoms. The Hall–Kier alpha value is -3.38. The van der Waals surface area contributed by atoms with Gasteiger partial charge in [0, 0.05) is 6.42 Å². The van der Waals surface area contributed by atoms with E-state index < -0.39 is 5.41 Å². The van der Waals surface area contributed by atoms with Crippen LogP contribution in [-0.2, 0) is 14.9 Å². The molecule has 0 aliphatic carbocycles. The lowest BCUT2D eigenvalue weighted by Crippen LogP contribution is -2.40. The molecule has 0 aliphatic heterocycles. The molecule has 3 rings (SSSR count). The lowest BCUT2D eigenvalue weighted by atomic mass is 9.67. The third kappa shape index (κ3) is 4.38. The van der Waals surface area contributed by atoms with E-state index in [4.69, 9.17) is 4.74 Å². The van der Waals surface area contributed by atoms with E-state index in [2.05, 4.69) is 18.2 Å². The summed E-state index contributed by atoms with van der Waals surface area (Å²) in [6.45, 7) is 0. The molecule has 29 heavy (non-hydrogen) atoms. The number of benzene rings is 3. The predicted octanol–water partition coefficient (Wildman–Crippen LogP) is 5.62. The Kier molecular flexibility index (Phi) is 6.81. The molecule has 0 N–H and O–H groups in total. The molecule has 1 atom stereocenters. The van der Waals surface area contributed by atoms with Crippen LogP contribution in [0, 0.1) is 11.3 Å². The number of rotatable bonds is 8.